The zero-order valence-electron chi connectivity index (χ0n) is 10.7. The molecule has 0 spiro atoms. The molecule has 1 atom stereocenters. The normalized spacial score (nSPS) is 20.0. The Balaban J connectivity index is 2.17. The second-order valence-corrected chi connectivity index (χ2v) is 5.98. The SMILES string of the molecule is CC1CCN([C@H](CN)c2ccc(Cl)cc2Cl)CC1. The van der Waals surface area contributed by atoms with Gasteiger partial charge in [0, 0.05) is 22.6 Å². The molecule has 1 aromatic rings. The van der Waals surface area contributed by atoms with Gasteiger partial charge in [0.05, 0.1) is 0 Å². The molecule has 0 radical (unpaired) electrons. The minimum atomic E-state index is 0.210. The maximum atomic E-state index is 6.28. The molecule has 100 valence electrons. The average Bonchev–Trinajstić information content (AvgIpc) is 2.35. The van der Waals surface area contributed by atoms with Gasteiger partial charge in [0.15, 0.2) is 0 Å². The van der Waals surface area contributed by atoms with Gasteiger partial charge in [0.1, 0.15) is 0 Å². The van der Waals surface area contributed by atoms with Gasteiger partial charge in [-0.1, -0.05) is 36.2 Å². The molecule has 0 bridgehead atoms. The zero-order chi connectivity index (χ0) is 13.1. The molecule has 0 aromatic heterocycles. The number of piperidine rings is 1. The summed E-state index contributed by atoms with van der Waals surface area (Å²) < 4.78 is 0. The van der Waals surface area contributed by atoms with E-state index in [9.17, 15) is 0 Å². The summed E-state index contributed by atoms with van der Waals surface area (Å²) in [5.41, 5.74) is 7.04. The van der Waals surface area contributed by atoms with Crippen LogP contribution in [-0.4, -0.2) is 24.5 Å². The molecule has 1 aromatic carbocycles. The maximum Gasteiger partial charge on any atom is 0.0485 e. The lowest BCUT2D eigenvalue weighted by atomic mass is 9.96. The Morgan fingerprint density at radius 1 is 1.33 bits per heavy atom. The highest BCUT2D eigenvalue weighted by molar-refractivity contribution is 6.35. The highest BCUT2D eigenvalue weighted by Gasteiger charge is 2.24. The second-order valence-electron chi connectivity index (χ2n) is 5.14. The van der Waals surface area contributed by atoms with Crippen LogP contribution in [0.3, 0.4) is 0 Å². The molecular formula is C14H20Cl2N2. The number of benzene rings is 1. The Kier molecular flexibility index (Phi) is 4.91. The van der Waals surface area contributed by atoms with Gasteiger partial charge in [-0.05, 0) is 49.5 Å². The van der Waals surface area contributed by atoms with Crippen LogP contribution in [0.15, 0.2) is 18.2 Å². The molecule has 1 aliphatic heterocycles. The first-order chi connectivity index (χ1) is 8.61. The topological polar surface area (TPSA) is 29.3 Å². The average molecular weight is 287 g/mol. The molecule has 2 nitrogen and oxygen atoms in total. The second kappa shape index (κ2) is 6.25. The minimum Gasteiger partial charge on any atom is -0.329 e. The third-order valence-electron chi connectivity index (χ3n) is 3.80. The third kappa shape index (κ3) is 3.18. The van der Waals surface area contributed by atoms with Gasteiger partial charge in [-0.2, -0.15) is 0 Å². The van der Waals surface area contributed by atoms with E-state index in [-0.39, 0.29) is 6.04 Å². The number of rotatable bonds is 3. The lowest BCUT2D eigenvalue weighted by molar-refractivity contribution is 0.141. The van der Waals surface area contributed by atoms with Crippen LogP contribution in [-0.2, 0) is 0 Å². The highest BCUT2D eigenvalue weighted by atomic mass is 35.5. The highest BCUT2D eigenvalue weighted by Crippen LogP contribution is 2.31. The van der Waals surface area contributed by atoms with Crippen LogP contribution >= 0.6 is 23.2 Å². The van der Waals surface area contributed by atoms with Gasteiger partial charge in [-0.25, -0.2) is 0 Å². The van der Waals surface area contributed by atoms with Crippen molar-refractivity contribution >= 4 is 23.2 Å². The summed E-state index contributed by atoms with van der Waals surface area (Å²) >= 11 is 12.2. The predicted molar refractivity (Wildman–Crippen MR) is 78.2 cm³/mol. The van der Waals surface area contributed by atoms with Crippen molar-refractivity contribution in [1.82, 2.24) is 4.90 Å². The summed E-state index contributed by atoms with van der Waals surface area (Å²) in [6, 6.07) is 5.90. The van der Waals surface area contributed by atoms with Crippen molar-refractivity contribution in [1.29, 1.82) is 0 Å². The quantitative estimate of drug-likeness (QED) is 0.918. The Bertz CT molecular complexity index is 401. The van der Waals surface area contributed by atoms with Crippen molar-refractivity contribution in [2.75, 3.05) is 19.6 Å². The van der Waals surface area contributed by atoms with Crippen molar-refractivity contribution in [3.05, 3.63) is 33.8 Å². The van der Waals surface area contributed by atoms with Gasteiger partial charge in [0.25, 0.3) is 0 Å². The summed E-state index contributed by atoms with van der Waals surface area (Å²) in [5, 5.41) is 1.39. The molecule has 0 aliphatic carbocycles. The number of nitrogens with two attached hydrogens (primary N) is 1. The van der Waals surface area contributed by atoms with Crippen LogP contribution < -0.4 is 5.73 Å². The van der Waals surface area contributed by atoms with E-state index in [0.29, 0.717) is 11.6 Å². The molecule has 0 unspecified atom stereocenters. The molecule has 4 heteroatoms. The zero-order valence-corrected chi connectivity index (χ0v) is 12.2. The fraction of sp³-hybridized carbons (Fsp3) is 0.571. The molecule has 18 heavy (non-hydrogen) atoms. The summed E-state index contributed by atoms with van der Waals surface area (Å²) in [5.74, 6) is 0.820. The summed E-state index contributed by atoms with van der Waals surface area (Å²) in [6.07, 6.45) is 2.48. The Morgan fingerprint density at radius 3 is 2.56 bits per heavy atom. The van der Waals surface area contributed by atoms with Crippen LogP contribution in [0.2, 0.25) is 10.0 Å². The van der Waals surface area contributed by atoms with Crippen LogP contribution in [0.1, 0.15) is 31.4 Å². The van der Waals surface area contributed by atoms with Crippen molar-refractivity contribution in [2.45, 2.75) is 25.8 Å². The van der Waals surface area contributed by atoms with Crippen molar-refractivity contribution in [3.8, 4) is 0 Å². The van der Waals surface area contributed by atoms with Gasteiger partial charge < -0.3 is 5.73 Å². The molecule has 1 aliphatic rings. The lowest BCUT2D eigenvalue weighted by Gasteiger charge is -2.36. The molecule has 0 amide bonds. The molecule has 2 rings (SSSR count). The minimum absolute atomic E-state index is 0.210. The summed E-state index contributed by atoms with van der Waals surface area (Å²) in [7, 11) is 0. The first kappa shape index (κ1) is 14.1. The third-order valence-corrected chi connectivity index (χ3v) is 4.37. The van der Waals surface area contributed by atoms with E-state index >= 15 is 0 Å². The van der Waals surface area contributed by atoms with E-state index in [1.807, 2.05) is 12.1 Å². The van der Waals surface area contributed by atoms with Gasteiger partial charge >= 0.3 is 0 Å². The number of hydrogen-bond donors (Lipinski definition) is 1. The standard InChI is InChI=1S/C14H20Cl2N2/c1-10-4-6-18(7-5-10)14(9-17)12-3-2-11(15)8-13(12)16/h2-3,8,10,14H,4-7,9,17H2,1H3/t14-/m1/s1. The van der Waals surface area contributed by atoms with Gasteiger partial charge in [0.2, 0.25) is 0 Å². The lowest BCUT2D eigenvalue weighted by Crippen LogP contribution is -2.39. The van der Waals surface area contributed by atoms with E-state index in [2.05, 4.69) is 11.8 Å². The number of likely N-dealkylation sites (tertiary alicyclic amines) is 1. The molecule has 1 heterocycles. The fourth-order valence-electron chi connectivity index (χ4n) is 2.58. The smallest absolute Gasteiger partial charge is 0.0485 e. The van der Waals surface area contributed by atoms with E-state index in [1.165, 1.54) is 12.8 Å². The van der Waals surface area contributed by atoms with E-state index in [4.69, 9.17) is 28.9 Å². The van der Waals surface area contributed by atoms with Crippen LogP contribution in [0.25, 0.3) is 0 Å². The Labute approximate surface area is 119 Å². The number of nitrogens with zero attached hydrogens (tertiary/aromatic N) is 1. The predicted octanol–water partition coefficient (Wildman–Crippen LogP) is 3.73. The van der Waals surface area contributed by atoms with E-state index in [0.717, 1.165) is 29.6 Å². The van der Waals surface area contributed by atoms with Crippen LogP contribution in [0.5, 0.6) is 0 Å². The number of halogens is 2. The van der Waals surface area contributed by atoms with E-state index in [1.54, 1.807) is 6.07 Å². The molecular weight excluding hydrogens is 267 g/mol. The largest absolute Gasteiger partial charge is 0.329 e. The van der Waals surface area contributed by atoms with Gasteiger partial charge in [-0.3, -0.25) is 4.90 Å². The van der Waals surface area contributed by atoms with Crippen molar-refractivity contribution in [3.63, 3.8) is 0 Å². The van der Waals surface area contributed by atoms with Gasteiger partial charge in [-0.15, -0.1) is 0 Å². The van der Waals surface area contributed by atoms with Crippen molar-refractivity contribution in [2.24, 2.45) is 11.7 Å². The monoisotopic (exact) mass is 286 g/mol. The van der Waals surface area contributed by atoms with Crippen LogP contribution in [0, 0.1) is 5.92 Å². The first-order valence-electron chi connectivity index (χ1n) is 6.51. The van der Waals surface area contributed by atoms with Crippen molar-refractivity contribution < 1.29 is 0 Å². The van der Waals surface area contributed by atoms with E-state index < -0.39 is 0 Å². The number of hydrogen-bond acceptors (Lipinski definition) is 2. The first-order valence-corrected chi connectivity index (χ1v) is 7.26. The fourth-order valence-corrected chi connectivity index (χ4v) is 3.12. The van der Waals surface area contributed by atoms with Crippen LogP contribution in [0.4, 0.5) is 0 Å². The molecule has 2 N–H and O–H groups in total. The summed E-state index contributed by atoms with van der Waals surface area (Å²) in [4.78, 5) is 2.44. The molecule has 0 saturated carbocycles. The Morgan fingerprint density at radius 2 is 2.00 bits per heavy atom. The maximum absolute atomic E-state index is 6.28. The molecule has 1 fully saturated rings. The molecule has 1 saturated heterocycles. The Hall–Kier alpha value is -0.280. The summed E-state index contributed by atoms with van der Waals surface area (Å²) in [6.45, 7) is 5.10.